The van der Waals surface area contributed by atoms with Crippen molar-refractivity contribution in [1.29, 1.82) is 0 Å². The predicted octanol–water partition coefficient (Wildman–Crippen LogP) is 1.27. The van der Waals surface area contributed by atoms with Gasteiger partial charge < -0.3 is 14.6 Å². The van der Waals surface area contributed by atoms with Gasteiger partial charge in [0, 0.05) is 7.11 Å². The zero-order chi connectivity index (χ0) is 13.6. The highest BCUT2D eigenvalue weighted by atomic mass is 16.5. The second-order valence-corrected chi connectivity index (χ2v) is 5.05. The van der Waals surface area contributed by atoms with Crippen LogP contribution >= 0.6 is 0 Å². The van der Waals surface area contributed by atoms with Crippen molar-refractivity contribution >= 4 is 5.97 Å². The average Bonchev–Trinajstić information content (AvgIpc) is 3.14. The number of ether oxygens (including phenoxy) is 2. The van der Waals surface area contributed by atoms with Crippen molar-refractivity contribution in [3.05, 3.63) is 0 Å². The Hall–Kier alpha value is -0.650. The van der Waals surface area contributed by atoms with Crippen LogP contribution in [0, 0.1) is 5.92 Å². The fourth-order valence-electron chi connectivity index (χ4n) is 2.11. The number of methoxy groups -OCH3 is 1. The fourth-order valence-corrected chi connectivity index (χ4v) is 2.11. The molecule has 5 nitrogen and oxygen atoms in total. The zero-order valence-electron chi connectivity index (χ0n) is 11.6. The molecule has 1 aliphatic rings. The largest absolute Gasteiger partial charge is 0.480 e. The quantitative estimate of drug-likeness (QED) is 0.618. The van der Waals surface area contributed by atoms with Gasteiger partial charge in [-0.1, -0.05) is 6.92 Å². The van der Waals surface area contributed by atoms with Gasteiger partial charge in [-0.3, -0.25) is 10.1 Å². The molecule has 1 fully saturated rings. The Morgan fingerprint density at radius 3 is 2.67 bits per heavy atom. The SMILES string of the molecule is CCCNC(COC(C)COC)(C(=O)O)C1CC1. The molecular formula is C13H25NO4. The molecule has 0 aromatic carbocycles. The highest BCUT2D eigenvalue weighted by Gasteiger charge is 2.51. The second kappa shape index (κ2) is 7.07. The Kier molecular flexibility index (Phi) is 6.05. The second-order valence-electron chi connectivity index (χ2n) is 5.05. The number of carboxylic acids is 1. The summed E-state index contributed by atoms with van der Waals surface area (Å²) in [6.45, 7) is 5.31. The lowest BCUT2D eigenvalue weighted by Crippen LogP contribution is -2.58. The number of carboxylic acid groups (broad SMARTS) is 1. The fraction of sp³-hybridized carbons (Fsp3) is 0.923. The van der Waals surface area contributed by atoms with E-state index in [2.05, 4.69) is 5.32 Å². The van der Waals surface area contributed by atoms with Crippen molar-refractivity contribution in [2.24, 2.45) is 5.92 Å². The Bertz CT molecular complexity index is 268. The summed E-state index contributed by atoms with van der Waals surface area (Å²) < 4.78 is 10.6. The standard InChI is InChI=1S/C13H25NO4/c1-4-7-14-13(12(15)16,11-5-6-11)9-18-10(2)8-17-3/h10-11,14H,4-9H2,1-3H3,(H,15,16). The lowest BCUT2D eigenvalue weighted by molar-refractivity contribution is -0.151. The summed E-state index contributed by atoms with van der Waals surface area (Å²) in [5, 5.41) is 12.7. The van der Waals surface area contributed by atoms with E-state index in [0.29, 0.717) is 13.2 Å². The Morgan fingerprint density at radius 2 is 2.22 bits per heavy atom. The number of carbonyl (C=O) groups is 1. The van der Waals surface area contributed by atoms with Gasteiger partial charge >= 0.3 is 5.97 Å². The van der Waals surface area contributed by atoms with Gasteiger partial charge in [-0.2, -0.15) is 0 Å². The maximum atomic E-state index is 11.6. The molecule has 0 saturated heterocycles. The van der Waals surface area contributed by atoms with Crippen molar-refractivity contribution < 1.29 is 19.4 Å². The van der Waals surface area contributed by atoms with Crippen LogP contribution in [0.2, 0.25) is 0 Å². The van der Waals surface area contributed by atoms with Gasteiger partial charge in [0.15, 0.2) is 0 Å². The summed E-state index contributed by atoms with van der Waals surface area (Å²) in [4.78, 5) is 11.6. The zero-order valence-corrected chi connectivity index (χ0v) is 11.6. The van der Waals surface area contributed by atoms with Crippen molar-refractivity contribution in [2.45, 2.75) is 44.8 Å². The molecule has 2 unspecified atom stereocenters. The maximum absolute atomic E-state index is 11.6. The van der Waals surface area contributed by atoms with Crippen LogP contribution in [0.1, 0.15) is 33.1 Å². The van der Waals surface area contributed by atoms with Crippen LogP contribution < -0.4 is 5.32 Å². The summed E-state index contributed by atoms with van der Waals surface area (Å²) in [6.07, 6.45) is 2.75. The van der Waals surface area contributed by atoms with E-state index in [1.165, 1.54) is 0 Å². The normalized spacial score (nSPS) is 20.4. The lowest BCUT2D eigenvalue weighted by atomic mass is 9.94. The van der Waals surface area contributed by atoms with Crippen molar-refractivity contribution in [2.75, 3.05) is 26.9 Å². The molecule has 2 atom stereocenters. The molecule has 0 spiro atoms. The molecule has 0 heterocycles. The molecule has 0 bridgehead atoms. The molecule has 1 saturated carbocycles. The lowest BCUT2D eigenvalue weighted by Gasteiger charge is -2.31. The first kappa shape index (κ1) is 15.4. The van der Waals surface area contributed by atoms with Crippen LogP contribution in [-0.2, 0) is 14.3 Å². The maximum Gasteiger partial charge on any atom is 0.326 e. The van der Waals surface area contributed by atoms with E-state index in [0.717, 1.165) is 19.3 Å². The summed E-state index contributed by atoms with van der Waals surface area (Å²) in [5.74, 6) is -0.612. The first-order chi connectivity index (χ1) is 8.56. The van der Waals surface area contributed by atoms with E-state index in [-0.39, 0.29) is 18.6 Å². The minimum absolute atomic E-state index is 0.0871. The van der Waals surface area contributed by atoms with Crippen LogP contribution in [-0.4, -0.2) is 49.6 Å². The molecule has 18 heavy (non-hydrogen) atoms. The van der Waals surface area contributed by atoms with Gasteiger partial charge in [0.2, 0.25) is 0 Å². The molecule has 0 amide bonds. The molecule has 0 aromatic heterocycles. The molecule has 1 rings (SSSR count). The van der Waals surface area contributed by atoms with E-state index < -0.39 is 11.5 Å². The van der Waals surface area contributed by atoms with Gasteiger partial charge in [0.05, 0.1) is 19.3 Å². The summed E-state index contributed by atoms with van der Waals surface area (Å²) >= 11 is 0. The number of hydrogen-bond acceptors (Lipinski definition) is 4. The third-order valence-corrected chi connectivity index (χ3v) is 3.34. The third kappa shape index (κ3) is 3.93. The van der Waals surface area contributed by atoms with E-state index in [1.807, 2.05) is 13.8 Å². The first-order valence-electron chi connectivity index (χ1n) is 6.65. The predicted molar refractivity (Wildman–Crippen MR) is 68.7 cm³/mol. The number of rotatable bonds is 10. The summed E-state index contributed by atoms with van der Waals surface area (Å²) in [6, 6.07) is 0. The monoisotopic (exact) mass is 259 g/mol. The van der Waals surface area contributed by atoms with Crippen LogP contribution in [0.25, 0.3) is 0 Å². The third-order valence-electron chi connectivity index (χ3n) is 3.34. The van der Waals surface area contributed by atoms with E-state index in [1.54, 1.807) is 7.11 Å². The van der Waals surface area contributed by atoms with Gasteiger partial charge in [-0.05, 0) is 38.6 Å². The molecule has 2 N–H and O–H groups in total. The van der Waals surface area contributed by atoms with Gasteiger partial charge in [-0.25, -0.2) is 0 Å². The smallest absolute Gasteiger partial charge is 0.326 e. The minimum atomic E-state index is -0.919. The van der Waals surface area contributed by atoms with Crippen LogP contribution in [0.15, 0.2) is 0 Å². The van der Waals surface area contributed by atoms with Crippen LogP contribution in [0.5, 0.6) is 0 Å². The van der Waals surface area contributed by atoms with E-state index >= 15 is 0 Å². The number of hydrogen-bond donors (Lipinski definition) is 2. The van der Waals surface area contributed by atoms with E-state index in [4.69, 9.17) is 9.47 Å². The van der Waals surface area contributed by atoms with Crippen molar-refractivity contribution in [3.63, 3.8) is 0 Å². The topological polar surface area (TPSA) is 67.8 Å². The summed E-state index contributed by atoms with van der Waals surface area (Å²) in [7, 11) is 1.61. The van der Waals surface area contributed by atoms with E-state index in [9.17, 15) is 9.90 Å². The average molecular weight is 259 g/mol. The van der Waals surface area contributed by atoms with Crippen molar-refractivity contribution in [3.8, 4) is 0 Å². The Morgan fingerprint density at radius 1 is 1.56 bits per heavy atom. The molecule has 0 aliphatic heterocycles. The van der Waals surface area contributed by atoms with Gasteiger partial charge in [-0.15, -0.1) is 0 Å². The summed E-state index contributed by atoms with van der Waals surface area (Å²) in [5.41, 5.74) is -0.919. The molecule has 5 heteroatoms. The van der Waals surface area contributed by atoms with Crippen LogP contribution in [0.4, 0.5) is 0 Å². The van der Waals surface area contributed by atoms with Gasteiger partial charge in [0.1, 0.15) is 5.54 Å². The Labute approximate surface area is 109 Å². The number of nitrogens with one attached hydrogen (secondary N) is 1. The molecule has 1 aliphatic carbocycles. The highest BCUT2D eigenvalue weighted by molar-refractivity contribution is 5.80. The van der Waals surface area contributed by atoms with Crippen LogP contribution in [0.3, 0.4) is 0 Å². The van der Waals surface area contributed by atoms with Gasteiger partial charge in [0.25, 0.3) is 0 Å². The van der Waals surface area contributed by atoms with Crippen molar-refractivity contribution in [1.82, 2.24) is 5.32 Å². The number of aliphatic carboxylic acids is 1. The molecule has 0 radical (unpaired) electrons. The highest BCUT2D eigenvalue weighted by Crippen LogP contribution is 2.40. The molecule has 0 aromatic rings. The molecular weight excluding hydrogens is 234 g/mol. The Balaban J connectivity index is 2.60. The molecule has 106 valence electrons. The first-order valence-corrected chi connectivity index (χ1v) is 6.65. The minimum Gasteiger partial charge on any atom is -0.480 e.